The van der Waals surface area contributed by atoms with E-state index in [9.17, 15) is 0 Å². The summed E-state index contributed by atoms with van der Waals surface area (Å²) in [5, 5.41) is 0. The van der Waals surface area contributed by atoms with Crippen molar-refractivity contribution in [2.75, 3.05) is 0 Å². The minimum Gasteiger partial charge on any atom is -0.0649 e. The number of hydrogen-bond donors (Lipinski definition) is 0. The maximum Gasteiger partial charge on any atom is -0.0241 e. The lowest BCUT2D eigenvalue weighted by molar-refractivity contribution is -0.112. The van der Waals surface area contributed by atoms with Gasteiger partial charge in [0.1, 0.15) is 0 Å². The largest absolute Gasteiger partial charge is 0.0649 e. The van der Waals surface area contributed by atoms with Gasteiger partial charge in [0.25, 0.3) is 0 Å². The molecule has 0 heteroatoms. The third-order valence-corrected chi connectivity index (χ3v) is 5.21. The zero-order valence-electron chi connectivity index (χ0n) is 11.0. The quantitative estimate of drug-likeness (QED) is 0.601. The summed E-state index contributed by atoms with van der Waals surface area (Å²) >= 11 is 0. The third kappa shape index (κ3) is 1.61. The molecule has 0 amide bonds. The van der Waals surface area contributed by atoms with Crippen molar-refractivity contribution in [2.45, 2.75) is 67.2 Å². The Bertz CT molecular complexity index is 166. The Balaban J connectivity index is 2.73. The first-order valence-corrected chi connectivity index (χ1v) is 6.42. The molecule has 14 heavy (non-hydrogen) atoms. The molecular formula is C14H28. The minimum absolute atomic E-state index is 0.659. The van der Waals surface area contributed by atoms with Gasteiger partial charge in [-0.05, 0) is 35.5 Å². The van der Waals surface area contributed by atoms with Crippen LogP contribution in [0.2, 0.25) is 0 Å². The summed E-state index contributed by atoms with van der Waals surface area (Å²) in [5.74, 6) is 1.71. The van der Waals surface area contributed by atoms with Crippen LogP contribution in [0.1, 0.15) is 67.2 Å². The molecule has 0 bridgehead atoms. The molecule has 1 fully saturated rings. The maximum absolute atomic E-state index is 2.41. The summed E-state index contributed by atoms with van der Waals surface area (Å²) in [4.78, 5) is 0. The lowest BCUT2D eigenvalue weighted by atomic mass is 9.44. The standard InChI is InChI=1S/C14H28/c1-7-13(8-2)9-14(10-13,11(3)4)12(5)6/h11-12H,7-10H2,1-6H3. The molecule has 0 nitrogen and oxygen atoms in total. The predicted octanol–water partition coefficient (Wildman–Crippen LogP) is 4.89. The molecule has 1 aliphatic carbocycles. The molecular weight excluding hydrogens is 168 g/mol. The first-order valence-electron chi connectivity index (χ1n) is 6.42. The smallest absolute Gasteiger partial charge is 0.0241 e. The second kappa shape index (κ2) is 3.87. The molecule has 0 radical (unpaired) electrons. The molecule has 1 rings (SSSR count). The average molecular weight is 196 g/mol. The van der Waals surface area contributed by atoms with Gasteiger partial charge in [0.15, 0.2) is 0 Å². The van der Waals surface area contributed by atoms with E-state index in [0.29, 0.717) is 10.8 Å². The first kappa shape index (κ1) is 12.1. The lowest BCUT2D eigenvalue weighted by Crippen LogP contribution is -2.52. The maximum atomic E-state index is 2.41. The fourth-order valence-electron chi connectivity index (χ4n) is 3.58. The highest BCUT2D eigenvalue weighted by Gasteiger charge is 2.54. The predicted molar refractivity (Wildman–Crippen MR) is 64.4 cm³/mol. The van der Waals surface area contributed by atoms with Gasteiger partial charge in [0, 0.05) is 0 Å². The molecule has 0 heterocycles. The zero-order chi connectivity index (χ0) is 11.0. The molecule has 84 valence electrons. The van der Waals surface area contributed by atoms with Crippen molar-refractivity contribution in [2.24, 2.45) is 22.7 Å². The number of hydrogen-bond acceptors (Lipinski definition) is 0. The highest BCUT2D eigenvalue weighted by atomic mass is 14.6. The van der Waals surface area contributed by atoms with Gasteiger partial charge in [0.05, 0.1) is 0 Å². The van der Waals surface area contributed by atoms with Crippen molar-refractivity contribution in [3.8, 4) is 0 Å². The van der Waals surface area contributed by atoms with Crippen LogP contribution < -0.4 is 0 Å². The summed E-state index contributed by atoms with van der Waals surface area (Å²) in [6, 6.07) is 0. The number of rotatable bonds is 4. The summed E-state index contributed by atoms with van der Waals surface area (Å²) in [6.45, 7) is 14.4. The lowest BCUT2D eigenvalue weighted by Gasteiger charge is -2.61. The van der Waals surface area contributed by atoms with Gasteiger partial charge in [-0.15, -0.1) is 0 Å². The Morgan fingerprint density at radius 1 is 0.857 bits per heavy atom. The fraction of sp³-hybridized carbons (Fsp3) is 1.00. The van der Waals surface area contributed by atoms with Crippen molar-refractivity contribution in [1.82, 2.24) is 0 Å². The van der Waals surface area contributed by atoms with Crippen LogP contribution in [0.4, 0.5) is 0 Å². The molecule has 0 aromatic rings. The van der Waals surface area contributed by atoms with Gasteiger partial charge in [0.2, 0.25) is 0 Å². The molecule has 1 saturated carbocycles. The van der Waals surface area contributed by atoms with E-state index in [-0.39, 0.29) is 0 Å². The fourth-order valence-corrected chi connectivity index (χ4v) is 3.58. The normalized spacial score (nSPS) is 24.0. The van der Waals surface area contributed by atoms with E-state index in [1.165, 1.54) is 25.7 Å². The van der Waals surface area contributed by atoms with E-state index >= 15 is 0 Å². The van der Waals surface area contributed by atoms with Crippen LogP contribution in [0.15, 0.2) is 0 Å². The Morgan fingerprint density at radius 2 is 1.21 bits per heavy atom. The van der Waals surface area contributed by atoms with Gasteiger partial charge < -0.3 is 0 Å². The van der Waals surface area contributed by atoms with Gasteiger partial charge in [-0.25, -0.2) is 0 Å². The van der Waals surface area contributed by atoms with Gasteiger partial charge in [-0.1, -0.05) is 54.4 Å². The zero-order valence-corrected chi connectivity index (χ0v) is 11.0. The molecule has 0 aliphatic heterocycles. The molecule has 1 aliphatic rings. The third-order valence-electron chi connectivity index (χ3n) is 5.21. The summed E-state index contributed by atoms with van der Waals surface area (Å²) < 4.78 is 0. The van der Waals surface area contributed by atoms with E-state index < -0.39 is 0 Å². The van der Waals surface area contributed by atoms with Crippen molar-refractivity contribution in [1.29, 1.82) is 0 Å². The van der Waals surface area contributed by atoms with Gasteiger partial charge >= 0.3 is 0 Å². The van der Waals surface area contributed by atoms with Crippen LogP contribution in [-0.2, 0) is 0 Å². The highest BCUT2D eigenvalue weighted by molar-refractivity contribution is 5.04. The van der Waals surface area contributed by atoms with E-state index in [1.54, 1.807) is 0 Å². The SMILES string of the molecule is CCC1(CC)CC(C(C)C)(C(C)C)C1. The molecule has 0 spiro atoms. The van der Waals surface area contributed by atoms with Crippen LogP contribution in [0.5, 0.6) is 0 Å². The first-order chi connectivity index (χ1) is 6.42. The summed E-state index contributed by atoms with van der Waals surface area (Å²) in [6.07, 6.45) is 5.71. The van der Waals surface area contributed by atoms with Crippen LogP contribution in [0, 0.1) is 22.7 Å². The summed E-state index contributed by atoms with van der Waals surface area (Å²) in [7, 11) is 0. The van der Waals surface area contributed by atoms with Crippen LogP contribution >= 0.6 is 0 Å². The molecule has 0 aromatic heterocycles. The Labute approximate surface area is 90.5 Å². The average Bonchev–Trinajstić information content (AvgIpc) is 2.03. The molecule has 0 aromatic carbocycles. The Morgan fingerprint density at radius 3 is 1.43 bits per heavy atom. The van der Waals surface area contributed by atoms with Crippen molar-refractivity contribution < 1.29 is 0 Å². The van der Waals surface area contributed by atoms with Crippen LogP contribution in [0.25, 0.3) is 0 Å². The van der Waals surface area contributed by atoms with Gasteiger partial charge in [-0.2, -0.15) is 0 Å². The molecule has 0 N–H and O–H groups in total. The second-order valence-electron chi connectivity index (χ2n) is 6.10. The van der Waals surface area contributed by atoms with E-state index in [2.05, 4.69) is 41.5 Å². The monoisotopic (exact) mass is 196 g/mol. The van der Waals surface area contributed by atoms with E-state index in [1.807, 2.05) is 0 Å². The Hall–Kier alpha value is 0. The highest BCUT2D eigenvalue weighted by Crippen LogP contribution is 2.64. The van der Waals surface area contributed by atoms with E-state index in [4.69, 9.17) is 0 Å². The second-order valence-corrected chi connectivity index (χ2v) is 6.10. The molecule has 0 atom stereocenters. The molecule has 0 saturated heterocycles. The topological polar surface area (TPSA) is 0 Å². The van der Waals surface area contributed by atoms with Crippen molar-refractivity contribution in [3.63, 3.8) is 0 Å². The minimum atomic E-state index is 0.659. The van der Waals surface area contributed by atoms with Crippen LogP contribution in [-0.4, -0.2) is 0 Å². The van der Waals surface area contributed by atoms with Crippen LogP contribution in [0.3, 0.4) is 0 Å². The molecule has 0 unspecified atom stereocenters. The Kier molecular flexibility index (Phi) is 3.33. The van der Waals surface area contributed by atoms with Crippen molar-refractivity contribution in [3.05, 3.63) is 0 Å². The van der Waals surface area contributed by atoms with Crippen molar-refractivity contribution >= 4 is 0 Å². The van der Waals surface area contributed by atoms with Gasteiger partial charge in [-0.3, -0.25) is 0 Å². The van der Waals surface area contributed by atoms with E-state index in [0.717, 1.165) is 11.8 Å². The summed E-state index contributed by atoms with van der Waals surface area (Å²) in [5.41, 5.74) is 1.36.